The molecule has 0 radical (unpaired) electrons. The highest BCUT2D eigenvalue weighted by Crippen LogP contribution is 1.45. The van der Waals surface area contributed by atoms with Gasteiger partial charge in [-0.1, -0.05) is 0 Å². The van der Waals surface area contributed by atoms with Crippen LogP contribution in [0.1, 0.15) is 0 Å². The Bertz CT molecular complexity index is 153. The van der Waals surface area contributed by atoms with Gasteiger partial charge in [0.15, 0.2) is 0 Å². The summed E-state index contributed by atoms with van der Waals surface area (Å²) in [6.45, 7) is 0. The van der Waals surface area contributed by atoms with E-state index in [1.54, 1.807) is 0 Å². The van der Waals surface area contributed by atoms with Crippen molar-refractivity contribution in [1.82, 2.24) is 0 Å². The van der Waals surface area contributed by atoms with Crippen LogP contribution in [-0.2, 0) is 45.4 Å². The predicted octanol–water partition coefficient (Wildman–Crippen LogP) is -1.28. The Balaban J connectivity index is -0.0000000600. The summed E-state index contributed by atoms with van der Waals surface area (Å²) < 4.78 is 91.3. The molecule has 0 atom stereocenters. The lowest BCUT2D eigenvalue weighted by atomic mass is 15.8. The van der Waals surface area contributed by atoms with Crippen LogP contribution >= 0.6 is 0 Å². The molecular formula is H8O12S4. The Hall–Kier alpha value is 0.280. The molecule has 0 saturated carbocycles. The first-order valence-corrected chi connectivity index (χ1v) is 6.38. The Labute approximate surface area is 98.9 Å². The molecule has 0 saturated heterocycles. The van der Waals surface area contributed by atoms with E-state index in [4.69, 9.17) is 53.3 Å². The summed E-state index contributed by atoms with van der Waals surface area (Å²) in [5.41, 5.74) is 0. The van der Waals surface area contributed by atoms with Crippen LogP contribution in [0.15, 0.2) is 0 Å². The van der Waals surface area contributed by atoms with Gasteiger partial charge in [-0.25, -0.2) is 0 Å². The van der Waals surface area contributed by atoms with Gasteiger partial charge in [-0.2, -0.15) is 16.8 Å². The van der Waals surface area contributed by atoms with Gasteiger partial charge >= 0.3 is 0 Å². The van der Waals surface area contributed by atoms with Gasteiger partial charge in [0.2, 0.25) is 0 Å². The van der Waals surface area contributed by atoms with E-state index in [1.165, 1.54) is 0 Å². The number of hydrogen-bond acceptors (Lipinski definition) is 4. The molecule has 0 aliphatic heterocycles. The molecule has 12 nitrogen and oxygen atoms in total. The molecule has 0 rings (SSSR count). The third-order valence-corrected chi connectivity index (χ3v) is 0. The highest BCUT2D eigenvalue weighted by atomic mass is 32.2. The summed E-state index contributed by atoms with van der Waals surface area (Å²) in [6, 6.07) is 0. The van der Waals surface area contributed by atoms with Crippen LogP contribution in [0.2, 0.25) is 0 Å². The smallest absolute Gasteiger partial charge is 0.284 e. The summed E-state index contributed by atoms with van der Waals surface area (Å²) in [5.74, 6) is 0. The third-order valence-electron chi connectivity index (χ3n) is 0. The van der Waals surface area contributed by atoms with Crippen molar-refractivity contribution < 1.29 is 53.3 Å². The highest BCUT2D eigenvalue weighted by Gasteiger charge is 1.63. The van der Waals surface area contributed by atoms with E-state index in [0.717, 1.165) is 0 Å². The summed E-state index contributed by atoms with van der Waals surface area (Å²) in [5, 5.41) is 0. The summed E-state index contributed by atoms with van der Waals surface area (Å²) in [6.07, 6.45) is 0. The molecule has 0 heterocycles. The maximum atomic E-state index is 8.67. The largest absolute Gasteiger partial charge is 0.299 e. The van der Waals surface area contributed by atoms with Crippen LogP contribution in [0.5, 0.6) is 0 Å². The normalized spacial score (nSPS) is 8.75. The lowest BCUT2D eigenvalue weighted by Gasteiger charge is -1.59. The van der Waals surface area contributed by atoms with Gasteiger partial charge in [-0.05, 0) is 0 Å². The lowest BCUT2D eigenvalue weighted by Crippen LogP contribution is -1.74. The molecule has 16 heavy (non-hydrogen) atoms. The SMILES string of the molecule is O=S(O)O.O=S(O)O.O=S(O)O.O=S(O)O. The van der Waals surface area contributed by atoms with Crippen molar-refractivity contribution in [2.75, 3.05) is 0 Å². The lowest BCUT2D eigenvalue weighted by molar-refractivity contribution is 0.452. The summed E-state index contributed by atoms with van der Waals surface area (Å²) in [4.78, 5) is 0. The van der Waals surface area contributed by atoms with Crippen LogP contribution in [0.4, 0.5) is 0 Å². The van der Waals surface area contributed by atoms with E-state index in [-0.39, 0.29) is 0 Å². The molecule has 0 spiro atoms. The Kier molecular flexibility index (Phi) is 32.6. The van der Waals surface area contributed by atoms with E-state index >= 15 is 0 Å². The molecule has 16 heteroatoms. The molecule has 0 aromatic carbocycles. The van der Waals surface area contributed by atoms with Crippen LogP contribution in [0.3, 0.4) is 0 Å². The van der Waals surface area contributed by atoms with Crippen LogP contribution in [0, 0.1) is 0 Å². The van der Waals surface area contributed by atoms with E-state index in [1.807, 2.05) is 0 Å². The second-order valence-corrected chi connectivity index (χ2v) is 2.77. The zero-order valence-corrected chi connectivity index (χ0v) is 10.1. The number of rotatable bonds is 0. The zero-order valence-electron chi connectivity index (χ0n) is 6.84. The highest BCUT2D eigenvalue weighted by molar-refractivity contribution is 7.73. The van der Waals surface area contributed by atoms with Crippen molar-refractivity contribution in [3.05, 3.63) is 0 Å². The molecule has 0 amide bonds. The monoisotopic (exact) mass is 328 g/mol. The molecule has 0 fully saturated rings. The van der Waals surface area contributed by atoms with Gasteiger partial charge in [0, 0.05) is 0 Å². The second-order valence-electron chi connectivity index (χ2n) is 0.923. The van der Waals surface area contributed by atoms with Gasteiger partial charge in [-0.15, -0.1) is 0 Å². The minimum atomic E-state index is -2.61. The molecule has 104 valence electrons. The second kappa shape index (κ2) is 20.7. The van der Waals surface area contributed by atoms with Crippen molar-refractivity contribution in [3.63, 3.8) is 0 Å². The predicted molar refractivity (Wildman–Crippen MR) is 53.6 cm³/mol. The quantitative estimate of drug-likeness (QED) is 0.243. The van der Waals surface area contributed by atoms with E-state index < -0.39 is 45.4 Å². The van der Waals surface area contributed by atoms with Crippen LogP contribution in [-0.4, -0.2) is 53.3 Å². The van der Waals surface area contributed by atoms with Gasteiger partial charge in [-0.3, -0.25) is 36.4 Å². The minimum Gasteiger partial charge on any atom is -0.284 e. The topological polar surface area (TPSA) is 230 Å². The molecule has 0 bridgehead atoms. The summed E-state index contributed by atoms with van der Waals surface area (Å²) >= 11 is -10.4. The van der Waals surface area contributed by atoms with Crippen molar-refractivity contribution >= 4 is 45.4 Å². The maximum Gasteiger partial charge on any atom is 0.299 e. The Morgan fingerprint density at radius 3 is 0.375 bits per heavy atom. The number of hydrogen-bond donors (Lipinski definition) is 8. The summed E-state index contributed by atoms with van der Waals surface area (Å²) in [7, 11) is 0. The Morgan fingerprint density at radius 1 is 0.375 bits per heavy atom. The first-order chi connectivity index (χ1) is 6.93. The van der Waals surface area contributed by atoms with E-state index in [0.29, 0.717) is 0 Å². The molecule has 0 unspecified atom stereocenters. The maximum absolute atomic E-state index is 8.67. The van der Waals surface area contributed by atoms with Gasteiger partial charge in [0.1, 0.15) is 0 Å². The van der Waals surface area contributed by atoms with E-state index in [9.17, 15) is 0 Å². The fourth-order valence-electron chi connectivity index (χ4n) is 0. The zero-order chi connectivity index (χ0) is 14.3. The van der Waals surface area contributed by atoms with Crippen molar-refractivity contribution in [2.45, 2.75) is 0 Å². The first kappa shape index (κ1) is 25.2. The minimum absolute atomic E-state index is 2.61. The van der Waals surface area contributed by atoms with Gasteiger partial charge < -0.3 is 0 Å². The molecule has 0 aromatic rings. The average Bonchev–Trinajstić information content (AvgIpc) is 1.76. The molecule has 0 aromatic heterocycles. The Morgan fingerprint density at radius 2 is 0.375 bits per heavy atom. The molecule has 0 aliphatic rings. The van der Waals surface area contributed by atoms with Crippen molar-refractivity contribution in [2.24, 2.45) is 0 Å². The standard InChI is InChI=1S/4H2O3S/c4*1-4(2)3/h4*(H2,1,2,3). The third kappa shape index (κ3) is 32100. The van der Waals surface area contributed by atoms with Crippen LogP contribution < -0.4 is 0 Å². The van der Waals surface area contributed by atoms with E-state index in [2.05, 4.69) is 0 Å². The van der Waals surface area contributed by atoms with Crippen molar-refractivity contribution in [3.8, 4) is 0 Å². The average molecular weight is 328 g/mol. The van der Waals surface area contributed by atoms with Gasteiger partial charge in [0.05, 0.1) is 0 Å². The molecule has 0 aliphatic carbocycles. The fourth-order valence-corrected chi connectivity index (χ4v) is 0. The fraction of sp³-hybridized carbons (Fsp3) is 0. The van der Waals surface area contributed by atoms with Gasteiger partial charge in [0.25, 0.3) is 45.4 Å². The first-order valence-electron chi connectivity index (χ1n) is 2.13. The van der Waals surface area contributed by atoms with Crippen LogP contribution in [0.25, 0.3) is 0 Å². The van der Waals surface area contributed by atoms with Crippen molar-refractivity contribution in [1.29, 1.82) is 0 Å². The molecule has 8 N–H and O–H groups in total. The molecular weight excluding hydrogens is 320 g/mol.